The second-order valence-electron chi connectivity index (χ2n) is 7.09. The highest BCUT2D eigenvalue weighted by Gasteiger charge is 2.18. The second kappa shape index (κ2) is 6.69. The zero-order valence-corrected chi connectivity index (χ0v) is 15.9. The zero-order valence-electron chi connectivity index (χ0n) is 14.3. The van der Waals surface area contributed by atoms with Crippen molar-refractivity contribution in [1.29, 1.82) is 0 Å². The molecule has 6 heteroatoms. The number of hydrogen-bond acceptors (Lipinski definition) is 3. The molecule has 25 heavy (non-hydrogen) atoms. The Morgan fingerprint density at radius 2 is 2.08 bits per heavy atom. The first-order chi connectivity index (χ1) is 11.8. The topological polar surface area (TPSA) is 91.1 Å². The minimum absolute atomic E-state index is 0.00627. The van der Waals surface area contributed by atoms with E-state index in [2.05, 4.69) is 40.1 Å². The maximum absolute atomic E-state index is 11.7. The van der Waals surface area contributed by atoms with Crippen molar-refractivity contribution in [3.05, 3.63) is 40.4 Å². The third kappa shape index (κ3) is 3.50. The van der Waals surface area contributed by atoms with Crippen molar-refractivity contribution in [3.8, 4) is 0 Å². The van der Waals surface area contributed by atoms with Gasteiger partial charge in [0.1, 0.15) is 0 Å². The van der Waals surface area contributed by atoms with E-state index < -0.39 is 5.91 Å². The van der Waals surface area contributed by atoms with Crippen LogP contribution in [0.25, 0.3) is 21.8 Å². The smallest absolute Gasteiger partial charge is 0.250 e. The lowest BCUT2D eigenvalue weighted by Gasteiger charge is -2.24. The van der Waals surface area contributed by atoms with E-state index in [1.54, 1.807) is 6.07 Å². The van der Waals surface area contributed by atoms with E-state index in [4.69, 9.17) is 10.8 Å². The number of H-pyrrole nitrogens is 1. The molecule has 0 spiro atoms. The van der Waals surface area contributed by atoms with Gasteiger partial charge >= 0.3 is 0 Å². The quantitative estimate of drug-likeness (QED) is 0.501. The van der Waals surface area contributed by atoms with Crippen LogP contribution in [0.1, 0.15) is 30.6 Å². The van der Waals surface area contributed by atoms with Crippen LogP contribution < -0.4 is 11.1 Å². The van der Waals surface area contributed by atoms with Crippen molar-refractivity contribution in [2.75, 3.05) is 18.5 Å². The summed E-state index contributed by atoms with van der Waals surface area (Å²) in [7, 11) is 0. The minimum Gasteiger partial charge on any atom is -0.396 e. The van der Waals surface area contributed by atoms with Crippen molar-refractivity contribution in [2.24, 2.45) is 11.1 Å². The van der Waals surface area contributed by atoms with Crippen LogP contribution in [0.3, 0.4) is 0 Å². The fourth-order valence-corrected chi connectivity index (χ4v) is 3.56. The molecular weight excluding hydrogens is 382 g/mol. The molecule has 1 heterocycles. The molecule has 0 saturated carbocycles. The second-order valence-corrected chi connectivity index (χ2v) is 7.94. The van der Waals surface area contributed by atoms with Gasteiger partial charge in [-0.25, -0.2) is 0 Å². The number of benzene rings is 2. The maximum atomic E-state index is 11.7. The number of nitrogens with one attached hydrogen (secondary N) is 2. The van der Waals surface area contributed by atoms with Crippen LogP contribution >= 0.6 is 15.9 Å². The van der Waals surface area contributed by atoms with Crippen LogP contribution in [0.5, 0.6) is 0 Å². The fraction of sp³-hybridized carbons (Fsp3) is 0.316. The Morgan fingerprint density at radius 1 is 1.32 bits per heavy atom. The first kappa shape index (κ1) is 17.8. The van der Waals surface area contributed by atoms with Crippen LogP contribution in [0.15, 0.2) is 34.8 Å². The molecule has 5 nitrogen and oxygen atoms in total. The van der Waals surface area contributed by atoms with Crippen molar-refractivity contribution in [3.63, 3.8) is 0 Å². The predicted molar refractivity (Wildman–Crippen MR) is 106 cm³/mol. The van der Waals surface area contributed by atoms with Gasteiger partial charge in [-0.2, -0.15) is 0 Å². The highest BCUT2D eigenvalue weighted by atomic mass is 79.9. The summed E-state index contributed by atoms with van der Waals surface area (Å²) >= 11 is 3.56. The van der Waals surface area contributed by atoms with E-state index in [1.807, 2.05) is 24.3 Å². The number of carbonyl (C=O) groups excluding carboxylic acids is 1. The molecule has 2 aromatic carbocycles. The van der Waals surface area contributed by atoms with E-state index in [-0.39, 0.29) is 12.0 Å². The van der Waals surface area contributed by atoms with Gasteiger partial charge in [-0.05, 0) is 36.1 Å². The summed E-state index contributed by atoms with van der Waals surface area (Å²) in [6, 6.07) is 9.65. The number of amides is 1. The Hall–Kier alpha value is -2.05. The van der Waals surface area contributed by atoms with E-state index in [1.165, 1.54) is 0 Å². The van der Waals surface area contributed by atoms with Gasteiger partial charge in [-0.3, -0.25) is 4.79 Å². The van der Waals surface area contributed by atoms with Gasteiger partial charge in [0.05, 0.1) is 11.1 Å². The molecule has 0 radical (unpaired) electrons. The summed E-state index contributed by atoms with van der Waals surface area (Å²) in [5.74, 6) is -0.451. The third-order valence-corrected chi connectivity index (χ3v) is 5.19. The molecule has 0 aliphatic rings. The molecule has 0 atom stereocenters. The van der Waals surface area contributed by atoms with Crippen molar-refractivity contribution in [2.45, 2.75) is 20.3 Å². The minimum atomic E-state index is -0.451. The van der Waals surface area contributed by atoms with E-state index in [9.17, 15) is 4.79 Å². The summed E-state index contributed by atoms with van der Waals surface area (Å²) in [5, 5.41) is 14.6. The SMILES string of the molecule is CC(C)(CCO)CNc1ccc2c(c1)[nH]c1c(C(N)=O)ccc(Br)c12. The highest BCUT2D eigenvalue weighted by molar-refractivity contribution is 9.10. The Labute approximate surface area is 154 Å². The van der Waals surface area contributed by atoms with Crippen LogP contribution in [-0.4, -0.2) is 29.1 Å². The summed E-state index contributed by atoms with van der Waals surface area (Å²) in [5.41, 5.74) is 8.66. The molecule has 3 aromatic rings. The lowest BCUT2D eigenvalue weighted by molar-refractivity contribution is 0.100. The van der Waals surface area contributed by atoms with Gasteiger partial charge in [-0.1, -0.05) is 35.8 Å². The van der Waals surface area contributed by atoms with Gasteiger partial charge in [0.25, 0.3) is 5.91 Å². The zero-order chi connectivity index (χ0) is 18.2. The molecule has 0 aliphatic carbocycles. The summed E-state index contributed by atoms with van der Waals surface area (Å²) in [6.07, 6.45) is 0.740. The van der Waals surface area contributed by atoms with Crippen molar-refractivity contribution >= 4 is 49.3 Å². The maximum Gasteiger partial charge on any atom is 0.250 e. The van der Waals surface area contributed by atoms with Crippen LogP contribution in [-0.2, 0) is 0 Å². The van der Waals surface area contributed by atoms with Gasteiger partial charge in [0.2, 0.25) is 0 Å². The molecule has 1 amide bonds. The van der Waals surface area contributed by atoms with Gasteiger partial charge in [-0.15, -0.1) is 0 Å². The molecule has 0 aliphatic heterocycles. The van der Waals surface area contributed by atoms with Crippen LogP contribution in [0, 0.1) is 5.41 Å². The highest BCUT2D eigenvalue weighted by Crippen LogP contribution is 2.35. The lowest BCUT2D eigenvalue weighted by Crippen LogP contribution is -2.24. The predicted octanol–water partition coefficient (Wildman–Crippen LogP) is 4.00. The lowest BCUT2D eigenvalue weighted by atomic mass is 9.89. The largest absolute Gasteiger partial charge is 0.396 e. The first-order valence-electron chi connectivity index (χ1n) is 8.21. The number of halogens is 1. The van der Waals surface area contributed by atoms with Gasteiger partial charge in [0, 0.05) is 39.6 Å². The number of hydrogen-bond donors (Lipinski definition) is 4. The molecule has 132 valence electrons. The van der Waals surface area contributed by atoms with E-state index in [0.29, 0.717) is 5.56 Å². The van der Waals surface area contributed by atoms with Gasteiger partial charge in [0.15, 0.2) is 0 Å². The fourth-order valence-electron chi connectivity index (χ4n) is 3.02. The Balaban J connectivity index is 2.01. The molecule has 5 N–H and O–H groups in total. The Morgan fingerprint density at radius 3 is 2.76 bits per heavy atom. The molecule has 0 unspecified atom stereocenters. The molecule has 0 bridgehead atoms. The number of aliphatic hydroxyl groups is 1. The van der Waals surface area contributed by atoms with E-state index >= 15 is 0 Å². The number of aromatic nitrogens is 1. The third-order valence-electron chi connectivity index (χ3n) is 4.53. The molecule has 1 aromatic heterocycles. The summed E-state index contributed by atoms with van der Waals surface area (Å²) in [4.78, 5) is 15.0. The number of fused-ring (bicyclic) bond motifs is 3. The number of carbonyl (C=O) groups is 1. The molecular formula is C19H22BrN3O2. The standard InChI is InChI=1S/C19H22BrN3O2/c1-19(2,7-8-24)10-22-11-3-4-12-15(9-11)23-17-13(18(21)25)5-6-14(20)16(12)17/h3-6,9,22-24H,7-8,10H2,1-2H3,(H2,21,25). The van der Waals surface area contributed by atoms with E-state index in [0.717, 1.165) is 44.9 Å². The molecule has 0 saturated heterocycles. The first-order valence-corrected chi connectivity index (χ1v) is 9.00. The summed E-state index contributed by atoms with van der Waals surface area (Å²) < 4.78 is 0.920. The number of aromatic amines is 1. The summed E-state index contributed by atoms with van der Waals surface area (Å²) in [6.45, 7) is 5.18. The number of nitrogens with two attached hydrogens (primary N) is 1. The average Bonchev–Trinajstić information content (AvgIpc) is 2.92. The van der Waals surface area contributed by atoms with Crippen molar-refractivity contribution < 1.29 is 9.90 Å². The molecule has 0 fully saturated rings. The van der Waals surface area contributed by atoms with Crippen LogP contribution in [0.4, 0.5) is 5.69 Å². The van der Waals surface area contributed by atoms with Crippen molar-refractivity contribution in [1.82, 2.24) is 4.98 Å². The Bertz CT molecular complexity index is 947. The molecule has 3 rings (SSSR count). The number of aliphatic hydroxyl groups excluding tert-OH is 1. The Kier molecular flexibility index (Phi) is 4.75. The van der Waals surface area contributed by atoms with Gasteiger partial charge < -0.3 is 21.1 Å². The number of rotatable bonds is 6. The number of anilines is 1. The average molecular weight is 404 g/mol. The monoisotopic (exact) mass is 403 g/mol. The van der Waals surface area contributed by atoms with Crippen LogP contribution in [0.2, 0.25) is 0 Å². The normalized spacial score (nSPS) is 12.0. The number of primary amides is 1.